The third kappa shape index (κ3) is 6.11. The van der Waals surface area contributed by atoms with Gasteiger partial charge in [-0.2, -0.15) is 0 Å². The maximum absolute atomic E-state index is 13.3. The topological polar surface area (TPSA) is 92.0 Å². The van der Waals surface area contributed by atoms with Crippen LogP contribution in [-0.2, 0) is 6.54 Å². The van der Waals surface area contributed by atoms with E-state index in [0.717, 1.165) is 6.42 Å². The van der Waals surface area contributed by atoms with E-state index in [1.54, 1.807) is 30.3 Å². The molecule has 0 unspecified atom stereocenters. The monoisotopic (exact) mass is 438 g/mol. The summed E-state index contributed by atoms with van der Waals surface area (Å²) in [5.41, 5.74) is 1.21. The van der Waals surface area contributed by atoms with Crippen molar-refractivity contribution in [3.63, 3.8) is 0 Å². The van der Waals surface area contributed by atoms with Crippen LogP contribution in [0.5, 0.6) is 5.75 Å². The maximum atomic E-state index is 13.3. The molecule has 3 rings (SSSR count). The van der Waals surface area contributed by atoms with Gasteiger partial charge in [0.2, 0.25) is 5.43 Å². The number of ether oxygens (including phenoxy) is 1. The molecule has 7 nitrogen and oxygen atoms in total. The quantitative estimate of drug-likeness (QED) is 0.535. The van der Waals surface area contributed by atoms with Crippen LogP contribution in [0.4, 0.5) is 10.5 Å². The number of carbonyl (C=O) groups excluding carboxylic acids is 1. The molecule has 32 heavy (non-hydrogen) atoms. The number of amides is 2. The first-order chi connectivity index (χ1) is 15.3. The average molecular weight is 439 g/mol. The van der Waals surface area contributed by atoms with E-state index in [1.165, 1.54) is 11.2 Å². The smallest absolute Gasteiger partial charge is 0.322 e. The number of hydrogen-bond acceptors (Lipinski definition) is 5. The highest BCUT2D eigenvalue weighted by atomic mass is 16.5. The second-order valence-electron chi connectivity index (χ2n) is 8.82. The van der Waals surface area contributed by atoms with Gasteiger partial charge in [-0.15, -0.1) is 0 Å². The predicted molar refractivity (Wildman–Crippen MR) is 125 cm³/mol. The van der Waals surface area contributed by atoms with Crippen LogP contribution in [0.2, 0.25) is 0 Å². The van der Waals surface area contributed by atoms with Crippen LogP contribution in [0.3, 0.4) is 0 Å². The molecule has 0 aliphatic rings. The van der Waals surface area contributed by atoms with Gasteiger partial charge in [0.05, 0.1) is 31.6 Å². The molecular formula is C25H30N2O5. The van der Waals surface area contributed by atoms with E-state index in [4.69, 9.17) is 9.15 Å². The average Bonchev–Trinajstić information content (AvgIpc) is 2.75. The van der Waals surface area contributed by atoms with Crippen molar-refractivity contribution in [3.8, 4) is 5.75 Å². The molecule has 7 heteroatoms. The molecule has 3 aromatic rings. The zero-order valence-corrected chi connectivity index (χ0v) is 18.8. The van der Waals surface area contributed by atoms with Crippen LogP contribution >= 0.6 is 0 Å². The van der Waals surface area contributed by atoms with Gasteiger partial charge < -0.3 is 24.5 Å². The van der Waals surface area contributed by atoms with Gasteiger partial charge in [-0.05, 0) is 36.1 Å². The zero-order valence-electron chi connectivity index (χ0n) is 18.8. The molecule has 1 aromatic heterocycles. The number of nitrogens with one attached hydrogen (secondary N) is 1. The van der Waals surface area contributed by atoms with Gasteiger partial charge in [0.1, 0.15) is 16.7 Å². The van der Waals surface area contributed by atoms with Gasteiger partial charge in [0, 0.05) is 12.2 Å². The van der Waals surface area contributed by atoms with Crippen LogP contribution in [0.15, 0.2) is 64.0 Å². The lowest BCUT2D eigenvalue weighted by Gasteiger charge is -2.22. The molecule has 0 atom stereocenters. The van der Waals surface area contributed by atoms with Crippen molar-refractivity contribution in [2.75, 3.05) is 25.1 Å². The van der Waals surface area contributed by atoms with E-state index in [0.29, 0.717) is 34.6 Å². The molecule has 2 N–H and O–H groups in total. The van der Waals surface area contributed by atoms with Crippen LogP contribution < -0.4 is 15.5 Å². The summed E-state index contributed by atoms with van der Waals surface area (Å²) in [7, 11) is 0. The van der Waals surface area contributed by atoms with Gasteiger partial charge in [-0.3, -0.25) is 4.79 Å². The number of benzene rings is 2. The second kappa shape index (κ2) is 10.3. The van der Waals surface area contributed by atoms with Crippen molar-refractivity contribution in [2.24, 2.45) is 5.41 Å². The standard InChI is InChI=1S/C25H30N2O5/c1-25(2,3)12-15-31-20-10-7-11-21-22(20)23(29)18(17-32-21)16-27(13-14-28)24(30)26-19-8-5-4-6-9-19/h4-11,17,28H,12-16H2,1-3H3,(H,26,30). The van der Waals surface area contributed by atoms with Gasteiger partial charge >= 0.3 is 6.03 Å². The molecule has 170 valence electrons. The van der Waals surface area contributed by atoms with Crippen molar-refractivity contribution < 1.29 is 19.1 Å². The summed E-state index contributed by atoms with van der Waals surface area (Å²) in [6.45, 7) is 6.69. The number of fused-ring (bicyclic) bond motifs is 1. The minimum Gasteiger partial charge on any atom is -0.493 e. The van der Waals surface area contributed by atoms with Crippen molar-refractivity contribution >= 4 is 22.7 Å². The van der Waals surface area contributed by atoms with Crippen LogP contribution in [0, 0.1) is 5.41 Å². The molecule has 0 aliphatic carbocycles. The molecule has 0 spiro atoms. The SMILES string of the molecule is CC(C)(C)CCOc1cccc2occ(CN(CCO)C(=O)Nc3ccccc3)c(=O)c12. The molecule has 0 saturated heterocycles. The lowest BCUT2D eigenvalue weighted by molar-refractivity contribution is 0.185. The summed E-state index contributed by atoms with van der Waals surface area (Å²) < 4.78 is 11.6. The number of hydrogen-bond donors (Lipinski definition) is 2. The lowest BCUT2D eigenvalue weighted by Crippen LogP contribution is -2.37. The van der Waals surface area contributed by atoms with Crippen LogP contribution in [0.1, 0.15) is 32.8 Å². The fourth-order valence-corrected chi connectivity index (χ4v) is 3.18. The molecule has 2 aromatic carbocycles. The highest BCUT2D eigenvalue weighted by molar-refractivity contribution is 5.89. The summed E-state index contributed by atoms with van der Waals surface area (Å²) >= 11 is 0. The number of aliphatic hydroxyl groups excluding tert-OH is 1. The Balaban J connectivity index is 1.85. The van der Waals surface area contributed by atoms with E-state index >= 15 is 0 Å². The first-order valence-electron chi connectivity index (χ1n) is 10.7. The molecule has 0 fully saturated rings. The summed E-state index contributed by atoms with van der Waals surface area (Å²) in [6, 6.07) is 13.8. The summed E-state index contributed by atoms with van der Waals surface area (Å²) in [4.78, 5) is 27.4. The second-order valence-corrected chi connectivity index (χ2v) is 8.82. The molecule has 0 bridgehead atoms. The van der Waals surface area contributed by atoms with Crippen molar-refractivity contribution in [2.45, 2.75) is 33.7 Å². The molecule has 0 aliphatic heterocycles. The zero-order chi connectivity index (χ0) is 23.1. The Morgan fingerprint density at radius 2 is 1.88 bits per heavy atom. The fraction of sp³-hybridized carbons (Fsp3) is 0.360. The minimum atomic E-state index is -0.417. The Kier molecular flexibility index (Phi) is 7.53. The van der Waals surface area contributed by atoms with E-state index in [-0.39, 0.29) is 30.5 Å². The first-order valence-corrected chi connectivity index (χ1v) is 10.7. The number of urea groups is 1. The van der Waals surface area contributed by atoms with Crippen molar-refractivity contribution in [3.05, 3.63) is 70.6 Å². The van der Waals surface area contributed by atoms with E-state index in [2.05, 4.69) is 26.1 Å². The number of anilines is 1. The highest BCUT2D eigenvalue weighted by Crippen LogP contribution is 2.25. The first kappa shape index (κ1) is 23.3. The fourth-order valence-electron chi connectivity index (χ4n) is 3.18. The predicted octanol–water partition coefficient (Wildman–Crippen LogP) is 4.63. The third-order valence-electron chi connectivity index (χ3n) is 4.99. The number of carbonyl (C=O) groups is 1. The summed E-state index contributed by atoms with van der Waals surface area (Å²) in [6.07, 6.45) is 2.20. The number of nitrogens with zero attached hydrogens (tertiary/aromatic N) is 1. The number of rotatable bonds is 8. The molecule has 2 amide bonds. The summed E-state index contributed by atoms with van der Waals surface area (Å²) in [5.74, 6) is 0.463. The van der Waals surface area contributed by atoms with Crippen LogP contribution in [0.25, 0.3) is 11.0 Å². The van der Waals surface area contributed by atoms with Gasteiger partial charge in [0.25, 0.3) is 0 Å². The van der Waals surface area contributed by atoms with E-state index in [9.17, 15) is 14.7 Å². The highest BCUT2D eigenvalue weighted by Gasteiger charge is 2.19. The molecule has 0 saturated carbocycles. The number of para-hydroxylation sites is 1. The van der Waals surface area contributed by atoms with Crippen molar-refractivity contribution in [1.82, 2.24) is 4.90 Å². The van der Waals surface area contributed by atoms with Crippen LogP contribution in [-0.4, -0.2) is 35.8 Å². The van der Waals surface area contributed by atoms with Gasteiger partial charge in [-0.1, -0.05) is 45.0 Å². The van der Waals surface area contributed by atoms with E-state index < -0.39 is 6.03 Å². The third-order valence-corrected chi connectivity index (χ3v) is 4.99. The Morgan fingerprint density at radius 3 is 2.56 bits per heavy atom. The van der Waals surface area contributed by atoms with Crippen molar-refractivity contribution in [1.29, 1.82) is 0 Å². The summed E-state index contributed by atoms with van der Waals surface area (Å²) in [5, 5.41) is 12.6. The Hall–Kier alpha value is -3.32. The Bertz CT molecular complexity index is 1100. The minimum absolute atomic E-state index is 0.00613. The molecular weight excluding hydrogens is 408 g/mol. The lowest BCUT2D eigenvalue weighted by atomic mass is 9.93. The van der Waals surface area contributed by atoms with Gasteiger partial charge in [0.15, 0.2) is 0 Å². The molecule has 1 heterocycles. The number of aliphatic hydroxyl groups is 1. The molecule has 0 radical (unpaired) electrons. The van der Waals surface area contributed by atoms with E-state index in [1.807, 2.05) is 18.2 Å². The normalized spacial score (nSPS) is 11.4. The maximum Gasteiger partial charge on any atom is 0.322 e. The largest absolute Gasteiger partial charge is 0.493 e. The Morgan fingerprint density at radius 1 is 1.12 bits per heavy atom. The Labute approximate surface area is 187 Å². The van der Waals surface area contributed by atoms with Gasteiger partial charge in [-0.25, -0.2) is 4.79 Å².